The highest BCUT2D eigenvalue weighted by Gasteiger charge is 2.22. The van der Waals surface area contributed by atoms with Crippen LogP contribution in [0.3, 0.4) is 0 Å². The number of hydrogen-bond donors (Lipinski definition) is 1. The number of nitrogens with one attached hydrogen (secondary N) is 1. The van der Waals surface area contributed by atoms with Gasteiger partial charge in [-0.15, -0.1) is 0 Å². The van der Waals surface area contributed by atoms with Gasteiger partial charge >= 0.3 is 0 Å². The number of benzene rings is 2. The van der Waals surface area contributed by atoms with Crippen LogP contribution in [0.1, 0.15) is 24.1 Å². The van der Waals surface area contributed by atoms with Gasteiger partial charge in [-0.2, -0.15) is 15.0 Å². The first-order valence-electron chi connectivity index (χ1n) is 8.36. The number of hydrogen-bond acceptors (Lipinski definition) is 3. The summed E-state index contributed by atoms with van der Waals surface area (Å²) in [5.74, 6) is -0.346. The summed E-state index contributed by atoms with van der Waals surface area (Å²) in [5, 5.41) is 13.2. The van der Waals surface area contributed by atoms with Gasteiger partial charge in [-0.3, -0.25) is 0 Å². The molecule has 128 valence electrons. The van der Waals surface area contributed by atoms with E-state index in [1.54, 1.807) is 10.9 Å². The molecule has 0 radical (unpaired) electrons. The van der Waals surface area contributed by atoms with Crippen LogP contribution in [0, 0.1) is 5.82 Å². The lowest BCUT2D eigenvalue weighted by Crippen LogP contribution is -2.16. The summed E-state index contributed by atoms with van der Waals surface area (Å²) in [6.45, 7) is 1.09. The molecule has 0 atom stereocenters. The molecule has 1 aliphatic rings. The van der Waals surface area contributed by atoms with Crippen molar-refractivity contribution >= 4 is 11.6 Å². The molecule has 0 saturated heterocycles. The molecule has 6 heteroatoms. The second kappa shape index (κ2) is 6.94. The third-order valence-corrected chi connectivity index (χ3v) is 4.59. The van der Waals surface area contributed by atoms with Crippen LogP contribution in [-0.2, 0) is 13.1 Å². The van der Waals surface area contributed by atoms with E-state index in [0.717, 1.165) is 22.5 Å². The molecule has 0 amide bonds. The number of rotatable bonds is 6. The second-order valence-corrected chi connectivity index (χ2v) is 6.69. The van der Waals surface area contributed by atoms with E-state index in [1.165, 1.54) is 25.0 Å². The van der Waals surface area contributed by atoms with Crippen molar-refractivity contribution in [3.05, 3.63) is 70.6 Å². The maximum atomic E-state index is 13.2. The molecule has 0 bridgehead atoms. The van der Waals surface area contributed by atoms with Crippen LogP contribution in [-0.4, -0.2) is 21.0 Å². The van der Waals surface area contributed by atoms with Crippen LogP contribution in [0.15, 0.2) is 48.5 Å². The molecular formula is C19H18ClFN4. The van der Waals surface area contributed by atoms with Gasteiger partial charge in [0.05, 0.1) is 6.54 Å². The van der Waals surface area contributed by atoms with Gasteiger partial charge in [0.15, 0.2) is 0 Å². The number of halogens is 2. The van der Waals surface area contributed by atoms with Gasteiger partial charge in [-0.25, -0.2) is 4.39 Å². The maximum Gasteiger partial charge on any atom is 0.124 e. The van der Waals surface area contributed by atoms with Gasteiger partial charge < -0.3 is 5.32 Å². The predicted octanol–water partition coefficient (Wildman–Crippen LogP) is 4.04. The Hall–Kier alpha value is -2.24. The topological polar surface area (TPSA) is 42.7 Å². The molecule has 0 aliphatic heterocycles. The van der Waals surface area contributed by atoms with Crippen LogP contribution in [0.5, 0.6) is 0 Å². The first-order valence-corrected chi connectivity index (χ1v) is 8.73. The maximum absolute atomic E-state index is 13.2. The number of nitrogens with zero attached hydrogens (tertiary/aromatic N) is 3. The molecule has 1 aliphatic carbocycles. The summed E-state index contributed by atoms with van der Waals surface area (Å²) in [7, 11) is 0. The zero-order valence-electron chi connectivity index (χ0n) is 13.6. The quantitative estimate of drug-likeness (QED) is 0.725. The largest absolute Gasteiger partial charge is 0.308 e. The molecule has 0 spiro atoms. The first kappa shape index (κ1) is 16.2. The fraction of sp³-hybridized carbons (Fsp3) is 0.263. The van der Waals surface area contributed by atoms with E-state index < -0.39 is 0 Å². The van der Waals surface area contributed by atoms with Crippen molar-refractivity contribution in [1.29, 1.82) is 0 Å². The van der Waals surface area contributed by atoms with Gasteiger partial charge in [0.1, 0.15) is 17.2 Å². The Morgan fingerprint density at radius 2 is 1.92 bits per heavy atom. The summed E-state index contributed by atoms with van der Waals surface area (Å²) < 4.78 is 13.2. The summed E-state index contributed by atoms with van der Waals surface area (Å²) in [4.78, 5) is 1.63. The fourth-order valence-electron chi connectivity index (χ4n) is 2.72. The van der Waals surface area contributed by atoms with Gasteiger partial charge in [0, 0.05) is 23.2 Å². The van der Waals surface area contributed by atoms with Crippen LogP contribution in [0.4, 0.5) is 4.39 Å². The smallest absolute Gasteiger partial charge is 0.124 e. The van der Waals surface area contributed by atoms with Crippen molar-refractivity contribution in [2.75, 3.05) is 0 Å². The van der Waals surface area contributed by atoms with Crippen LogP contribution < -0.4 is 5.32 Å². The Labute approximate surface area is 150 Å². The van der Waals surface area contributed by atoms with Crippen molar-refractivity contribution in [2.24, 2.45) is 0 Å². The first-order chi connectivity index (χ1) is 12.2. The van der Waals surface area contributed by atoms with Crippen molar-refractivity contribution in [2.45, 2.75) is 32.0 Å². The Balaban J connectivity index is 1.63. The van der Waals surface area contributed by atoms with Crippen molar-refractivity contribution < 1.29 is 4.39 Å². The molecule has 0 unspecified atom stereocenters. The Morgan fingerprint density at radius 1 is 1.12 bits per heavy atom. The van der Waals surface area contributed by atoms with E-state index in [1.807, 2.05) is 30.3 Å². The summed E-state index contributed by atoms with van der Waals surface area (Å²) >= 11 is 6.13. The van der Waals surface area contributed by atoms with Gasteiger partial charge in [0.25, 0.3) is 0 Å². The molecule has 1 aromatic heterocycles. The van der Waals surface area contributed by atoms with E-state index in [0.29, 0.717) is 24.2 Å². The molecule has 1 saturated carbocycles. The predicted molar refractivity (Wildman–Crippen MR) is 95.8 cm³/mol. The second-order valence-electron chi connectivity index (χ2n) is 6.28. The van der Waals surface area contributed by atoms with Gasteiger partial charge in [0.2, 0.25) is 0 Å². The highest BCUT2D eigenvalue weighted by atomic mass is 35.5. The normalized spacial score (nSPS) is 14.0. The van der Waals surface area contributed by atoms with Crippen LogP contribution >= 0.6 is 11.6 Å². The lowest BCUT2D eigenvalue weighted by molar-refractivity contribution is 0.574. The van der Waals surface area contributed by atoms with Crippen molar-refractivity contribution in [3.8, 4) is 11.3 Å². The summed E-state index contributed by atoms with van der Waals surface area (Å²) in [5.41, 5.74) is 3.61. The minimum atomic E-state index is -0.346. The molecule has 4 nitrogen and oxygen atoms in total. The fourth-order valence-corrected chi connectivity index (χ4v) is 2.95. The van der Waals surface area contributed by atoms with E-state index in [4.69, 9.17) is 11.6 Å². The average molecular weight is 357 g/mol. The third-order valence-electron chi connectivity index (χ3n) is 4.23. The Kier molecular flexibility index (Phi) is 4.51. The summed E-state index contributed by atoms with van der Waals surface area (Å²) in [6, 6.07) is 15.0. The highest BCUT2D eigenvalue weighted by molar-refractivity contribution is 6.31. The molecule has 3 aromatic rings. The van der Waals surface area contributed by atoms with Crippen LogP contribution in [0.2, 0.25) is 5.02 Å². The molecule has 4 rings (SSSR count). The number of aromatic nitrogens is 3. The van der Waals surface area contributed by atoms with E-state index in [-0.39, 0.29) is 5.82 Å². The standard InChI is InChI=1S/C19H18ClFN4/c20-17-10-15(21)7-6-14(17)12-25-23-18(11-22-16-8-9-16)19(24-25)13-4-2-1-3-5-13/h1-7,10,16,22H,8-9,11-12H2. The minimum absolute atomic E-state index is 0.346. The van der Waals surface area contributed by atoms with E-state index in [2.05, 4.69) is 15.5 Å². The van der Waals surface area contributed by atoms with Gasteiger partial charge in [-0.1, -0.05) is 48.0 Å². The van der Waals surface area contributed by atoms with E-state index in [9.17, 15) is 4.39 Å². The Morgan fingerprint density at radius 3 is 2.64 bits per heavy atom. The lowest BCUT2D eigenvalue weighted by Gasteiger charge is -2.03. The molecule has 2 aromatic carbocycles. The SMILES string of the molecule is Fc1ccc(Cn2nc(CNC3CC3)c(-c3ccccc3)n2)c(Cl)c1. The van der Waals surface area contributed by atoms with Crippen LogP contribution in [0.25, 0.3) is 11.3 Å². The molecule has 1 heterocycles. The minimum Gasteiger partial charge on any atom is -0.308 e. The van der Waals surface area contributed by atoms with E-state index >= 15 is 0 Å². The molecule has 1 N–H and O–H groups in total. The highest BCUT2D eigenvalue weighted by Crippen LogP contribution is 2.24. The monoisotopic (exact) mass is 356 g/mol. The van der Waals surface area contributed by atoms with Gasteiger partial charge in [-0.05, 0) is 30.5 Å². The lowest BCUT2D eigenvalue weighted by atomic mass is 10.1. The molecular weight excluding hydrogens is 339 g/mol. The summed E-state index contributed by atoms with van der Waals surface area (Å²) in [6.07, 6.45) is 2.44. The molecule has 25 heavy (non-hydrogen) atoms. The zero-order chi connectivity index (χ0) is 17.2. The zero-order valence-corrected chi connectivity index (χ0v) is 14.4. The molecule has 1 fully saturated rings. The average Bonchev–Trinajstić information content (AvgIpc) is 3.36. The Bertz CT molecular complexity index is 874. The van der Waals surface area contributed by atoms with Crippen molar-refractivity contribution in [1.82, 2.24) is 20.3 Å². The third kappa shape index (κ3) is 3.89. The van der Waals surface area contributed by atoms with Crippen molar-refractivity contribution in [3.63, 3.8) is 0 Å².